The molecule has 1 aromatic rings. The van der Waals surface area contributed by atoms with Crippen LogP contribution >= 0.6 is 0 Å². The van der Waals surface area contributed by atoms with E-state index in [9.17, 15) is 4.79 Å². The van der Waals surface area contributed by atoms with Crippen LogP contribution in [0.25, 0.3) is 6.08 Å². The molecule has 0 spiro atoms. The minimum Gasteiger partial charge on any atom is -0.355 e. The van der Waals surface area contributed by atoms with E-state index in [2.05, 4.69) is 5.32 Å². The highest BCUT2D eigenvalue weighted by Gasteiger charge is 1.99. The molecule has 0 aliphatic heterocycles. The van der Waals surface area contributed by atoms with E-state index in [-0.39, 0.29) is 5.91 Å². The fourth-order valence-corrected chi connectivity index (χ4v) is 1.46. The molecule has 1 aromatic carbocycles. The molecule has 0 heterocycles. The van der Waals surface area contributed by atoms with Gasteiger partial charge in [0.05, 0.1) is 0 Å². The maximum absolute atomic E-state index is 11.3. The van der Waals surface area contributed by atoms with Gasteiger partial charge in [-0.3, -0.25) is 4.79 Å². The summed E-state index contributed by atoms with van der Waals surface area (Å²) >= 11 is 0. The summed E-state index contributed by atoms with van der Waals surface area (Å²) in [6.07, 6.45) is 3.93. The lowest BCUT2D eigenvalue weighted by atomic mass is 10.1. The predicted octanol–water partition coefficient (Wildman–Crippen LogP) is 2.78. The Morgan fingerprint density at radius 1 is 1.19 bits per heavy atom. The van der Waals surface area contributed by atoms with Crippen molar-refractivity contribution in [2.75, 3.05) is 7.05 Å². The molecule has 0 saturated heterocycles. The second-order valence-electron chi connectivity index (χ2n) is 3.71. The van der Waals surface area contributed by atoms with Crippen molar-refractivity contribution in [1.82, 2.24) is 5.32 Å². The van der Waals surface area contributed by atoms with Gasteiger partial charge in [-0.2, -0.15) is 0 Å². The zero-order chi connectivity index (χ0) is 12.0. The Kier molecular flexibility index (Phi) is 4.52. The molecule has 0 atom stereocenters. The molecular weight excluding hydrogens is 198 g/mol. The van der Waals surface area contributed by atoms with Crippen molar-refractivity contribution in [2.24, 2.45) is 0 Å². The highest BCUT2D eigenvalue weighted by molar-refractivity contribution is 5.93. The number of rotatable bonds is 3. The Balaban J connectivity index is 2.83. The van der Waals surface area contributed by atoms with Crippen LogP contribution in [-0.4, -0.2) is 13.0 Å². The molecule has 2 nitrogen and oxygen atoms in total. The molecular formula is C14H17NO. The molecule has 0 aliphatic carbocycles. The van der Waals surface area contributed by atoms with Crippen molar-refractivity contribution in [2.45, 2.75) is 13.8 Å². The molecule has 0 saturated carbocycles. The Labute approximate surface area is 96.7 Å². The summed E-state index contributed by atoms with van der Waals surface area (Å²) in [6.45, 7) is 3.79. The van der Waals surface area contributed by atoms with E-state index >= 15 is 0 Å². The van der Waals surface area contributed by atoms with Gasteiger partial charge in [0, 0.05) is 12.6 Å². The van der Waals surface area contributed by atoms with Gasteiger partial charge in [0.25, 0.3) is 0 Å². The average Bonchev–Trinajstić information content (AvgIpc) is 2.29. The van der Waals surface area contributed by atoms with E-state index in [1.807, 2.05) is 49.4 Å². The Morgan fingerprint density at radius 2 is 1.81 bits per heavy atom. The van der Waals surface area contributed by atoms with E-state index in [1.54, 1.807) is 14.0 Å². The molecule has 0 bridgehead atoms. The standard InChI is InChI=1S/C14H17NO/c1-11(9-12(2)14(16)15-3)10-13-7-5-4-6-8-13/h4-10H,1-3H3,(H,15,16)/b11-10+,12-9+. The number of nitrogens with one attached hydrogen (secondary N) is 1. The van der Waals surface area contributed by atoms with Crippen molar-refractivity contribution < 1.29 is 4.79 Å². The highest BCUT2D eigenvalue weighted by Crippen LogP contribution is 2.09. The van der Waals surface area contributed by atoms with E-state index in [0.717, 1.165) is 11.1 Å². The van der Waals surface area contributed by atoms with Gasteiger partial charge in [0.1, 0.15) is 0 Å². The number of amides is 1. The van der Waals surface area contributed by atoms with Crippen LogP contribution in [0.3, 0.4) is 0 Å². The number of benzene rings is 1. The molecule has 0 aliphatic rings. The molecule has 1 N–H and O–H groups in total. The molecule has 0 fully saturated rings. The van der Waals surface area contributed by atoms with Gasteiger partial charge in [-0.25, -0.2) is 0 Å². The van der Waals surface area contributed by atoms with Gasteiger partial charge in [0.15, 0.2) is 0 Å². The predicted molar refractivity (Wildman–Crippen MR) is 67.9 cm³/mol. The van der Waals surface area contributed by atoms with Crippen LogP contribution in [0, 0.1) is 0 Å². The lowest BCUT2D eigenvalue weighted by molar-refractivity contribution is -0.116. The first kappa shape index (κ1) is 12.2. The normalized spacial score (nSPS) is 12.4. The molecule has 16 heavy (non-hydrogen) atoms. The maximum Gasteiger partial charge on any atom is 0.246 e. The van der Waals surface area contributed by atoms with Crippen molar-refractivity contribution >= 4 is 12.0 Å². The lowest BCUT2D eigenvalue weighted by Crippen LogP contribution is -2.18. The first-order valence-electron chi connectivity index (χ1n) is 5.27. The monoisotopic (exact) mass is 215 g/mol. The van der Waals surface area contributed by atoms with Gasteiger partial charge in [-0.05, 0) is 19.4 Å². The Hall–Kier alpha value is -1.83. The second kappa shape index (κ2) is 5.91. The molecule has 84 valence electrons. The van der Waals surface area contributed by atoms with Crippen molar-refractivity contribution in [3.8, 4) is 0 Å². The summed E-state index contributed by atoms with van der Waals surface area (Å²) < 4.78 is 0. The summed E-state index contributed by atoms with van der Waals surface area (Å²) in [5.74, 6) is -0.0409. The van der Waals surface area contributed by atoms with E-state index in [1.165, 1.54) is 0 Å². The van der Waals surface area contributed by atoms with Gasteiger partial charge < -0.3 is 5.32 Å². The summed E-state index contributed by atoms with van der Waals surface area (Å²) in [7, 11) is 1.63. The third-order valence-electron chi connectivity index (χ3n) is 2.22. The SMILES string of the molecule is CNC(=O)/C(C)=C/C(C)=C/c1ccccc1. The number of likely N-dealkylation sites (N-methyl/N-ethyl adjacent to an activating group) is 1. The van der Waals surface area contributed by atoms with Crippen molar-refractivity contribution in [1.29, 1.82) is 0 Å². The minimum atomic E-state index is -0.0409. The van der Waals surface area contributed by atoms with Crippen LogP contribution in [-0.2, 0) is 4.79 Å². The number of carbonyl (C=O) groups is 1. The van der Waals surface area contributed by atoms with Crippen molar-refractivity contribution in [3.05, 3.63) is 53.1 Å². The summed E-state index contributed by atoms with van der Waals surface area (Å²) in [4.78, 5) is 11.3. The number of allylic oxidation sites excluding steroid dienone is 2. The van der Waals surface area contributed by atoms with E-state index < -0.39 is 0 Å². The van der Waals surface area contributed by atoms with Crippen molar-refractivity contribution in [3.63, 3.8) is 0 Å². The smallest absolute Gasteiger partial charge is 0.246 e. The summed E-state index contributed by atoms with van der Waals surface area (Å²) in [5.41, 5.74) is 2.92. The quantitative estimate of drug-likeness (QED) is 0.609. The van der Waals surface area contributed by atoms with Crippen LogP contribution in [0.4, 0.5) is 0 Å². The largest absolute Gasteiger partial charge is 0.355 e. The van der Waals surface area contributed by atoms with Crippen LogP contribution in [0.2, 0.25) is 0 Å². The third kappa shape index (κ3) is 3.73. The van der Waals surface area contributed by atoms with E-state index in [0.29, 0.717) is 5.57 Å². The molecule has 2 heteroatoms. The van der Waals surface area contributed by atoms with Crippen LogP contribution in [0.1, 0.15) is 19.4 Å². The fraction of sp³-hybridized carbons (Fsp3) is 0.214. The highest BCUT2D eigenvalue weighted by atomic mass is 16.1. The van der Waals surface area contributed by atoms with Crippen LogP contribution in [0.15, 0.2) is 47.6 Å². The minimum absolute atomic E-state index is 0.0409. The number of hydrogen-bond acceptors (Lipinski definition) is 1. The fourth-order valence-electron chi connectivity index (χ4n) is 1.46. The van der Waals surface area contributed by atoms with Crippen LogP contribution < -0.4 is 5.32 Å². The molecule has 0 aromatic heterocycles. The van der Waals surface area contributed by atoms with E-state index in [4.69, 9.17) is 0 Å². The Bertz CT molecular complexity index is 416. The summed E-state index contributed by atoms with van der Waals surface area (Å²) in [6, 6.07) is 10.0. The number of hydrogen-bond donors (Lipinski definition) is 1. The first-order valence-corrected chi connectivity index (χ1v) is 5.27. The second-order valence-corrected chi connectivity index (χ2v) is 3.71. The Morgan fingerprint density at radius 3 is 2.38 bits per heavy atom. The molecule has 1 rings (SSSR count). The first-order chi connectivity index (χ1) is 7.63. The topological polar surface area (TPSA) is 29.1 Å². The molecule has 0 unspecified atom stereocenters. The zero-order valence-corrected chi connectivity index (χ0v) is 9.95. The maximum atomic E-state index is 11.3. The molecule has 0 radical (unpaired) electrons. The lowest BCUT2D eigenvalue weighted by Gasteiger charge is -2.00. The van der Waals surface area contributed by atoms with Gasteiger partial charge in [-0.1, -0.05) is 48.1 Å². The molecule has 1 amide bonds. The van der Waals surface area contributed by atoms with Crippen LogP contribution in [0.5, 0.6) is 0 Å². The number of carbonyl (C=O) groups excluding carboxylic acids is 1. The summed E-state index contributed by atoms with van der Waals surface area (Å²) in [5, 5.41) is 2.60. The third-order valence-corrected chi connectivity index (χ3v) is 2.22. The van der Waals surface area contributed by atoms with Gasteiger partial charge in [0.2, 0.25) is 5.91 Å². The van der Waals surface area contributed by atoms with Gasteiger partial charge in [-0.15, -0.1) is 0 Å². The van der Waals surface area contributed by atoms with Gasteiger partial charge >= 0.3 is 0 Å². The zero-order valence-electron chi connectivity index (χ0n) is 9.95. The average molecular weight is 215 g/mol.